The summed E-state index contributed by atoms with van der Waals surface area (Å²) in [5, 5.41) is 4.86. The molecule has 0 radical (unpaired) electrons. The highest BCUT2D eigenvalue weighted by atomic mass is 35.5. The van der Waals surface area contributed by atoms with Gasteiger partial charge in [0.2, 0.25) is 5.91 Å². The summed E-state index contributed by atoms with van der Waals surface area (Å²) in [7, 11) is 1.60. The van der Waals surface area contributed by atoms with Gasteiger partial charge in [-0.1, -0.05) is 43.5 Å². The Hall–Kier alpha value is -2.53. The van der Waals surface area contributed by atoms with Crippen LogP contribution in [0.2, 0.25) is 5.02 Å². The molecule has 2 aromatic carbocycles. The Morgan fingerprint density at radius 1 is 1.23 bits per heavy atom. The van der Waals surface area contributed by atoms with E-state index in [1.165, 1.54) is 12.8 Å². The fourth-order valence-electron chi connectivity index (χ4n) is 4.72. The Bertz CT molecular complexity index is 944. The number of hydrazone groups is 1. The topological polar surface area (TPSA) is 59.9 Å². The molecule has 2 saturated carbocycles. The van der Waals surface area contributed by atoms with Crippen LogP contribution in [-0.4, -0.2) is 19.2 Å². The van der Waals surface area contributed by atoms with Crippen molar-refractivity contribution in [1.29, 1.82) is 0 Å². The molecule has 2 aromatic rings. The first-order chi connectivity index (χ1) is 14.5. The number of halogens is 1. The SMILES string of the molecule is COc1cc(/C=N\NC(=O)[C@@H]2[C@H]3CCCC[C@]32C)ccc1OCc1ccc(Cl)cc1. The zero-order valence-electron chi connectivity index (χ0n) is 17.4. The van der Waals surface area contributed by atoms with E-state index in [1.807, 2.05) is 42.5 Å². The molecule has 0 spiro atoms. The number of carbonyl (C=O) groups excluding carboxylic acids is 1. The van der Waals surface area contributed by atoms with Crippen molar-refractivity contribution in [3.05, 3.63) is 58.6 Å². The molecule has 1 amide bonds. The Kier molecular flexibility index (Phi) is 6.00. The van der Waals surface area contributed by atoms with Crippen molar-refractivity contribution >= 4 is 23.7 Å². The van der Waals surface area contributed by atoms with E-state index in [-0.39, 0.29) is 17.2 Å². The highest BCUT2D eigenvalue weighted by Gasteiger charge is 2.64. The standard InChI is InChI=1S/C24H27ClN2O3/c1-24-12-4-3-5-19(24)22(24)23(28)27-26-14-17-8-11-20(21(13-17)29-2)30-15-16-6-9-18(25)10-7-16/h6-11,13-14,19,22H,3-5,12,15H2,1-2H3,(H,27,28)/b26-14-/t19-,22+,24-/m1/s1. The molecule has 0 heterocycles. The zero-order chi connectivity index (χ0) is 21.1. The highest BCUT2D eigenvalue weighted by Crippen LogP contribution is 2.66. The minimum absolute atomic E-state index is 0.0375. The molecule has 3 atom stereocenters. The Morgan fingerprint density at radius 3 is 2.73 bits per heavy atom. The molecule has 5 nitrogen and oxygen atoms in total. The van der Waals surface area contributed by atoms with Gasteiger partial charge in [-0.2, -0.15) is 5.10 Å². The van der Waals surface area contributed by atoms with Crippen molar-refractivity contribution in [2.45, 2.75) is 39.2 Å². The van der Waals surface area contributed by atoms with Crippen LogP contribution in [0.25, 0.3) is 0 Å². The van der Waals surface area contributed by atoms with E-state index in [0.717, 1.165) is 24.0 Å². The van der Waals surface area contributed by atoms with Crippen molar-refractivity contribution in [3.63, 3.8) is 0 Å². The second kappa shape index (κ2) is 8.68. The van der Waals surface area contributed by atoms with Gasteiger partial charge < -0.3 is 9.47 Å². The smallest absolute Gasteiger partial charge is 0.244 e. The van der Waals surface area contributed by atoms with Gasteiger partial charge in [0.1, 0.15) is 6.61 Å². The summed E-state index contributed by atoms with van der Waals surface area (Å²) in [6, 6.07) is 13.1. The maximum Gasteiger partial charge on any atom is 0.244 e. The molecule has 0 saturated heterocycles. The number of nitrogens with one attached hydrogen (secondary N) is 1. The van der Waals surface area contributed by atoms with E-state index in [2.05, 4.69) is 17.5 Å². The number of amides is 1. The molecule has 6 heteroatoms. The molecule has 4 rings (SSSR count). The summed E-state index contributed by atoms with van der Waals surface area (Å²) in [5.74, 6) is 1.92. The van der Waals surface area contributed by atoms with Crippen LogP contribution in [0, 0.1) is 17.3 Å². The molecule has 2 aliphatic rings. The molecule has 0 aliphatic heterocycles. The Morgan fingerprint density at radius 2 is 2.03 bits per heavy atom. The first-order valence-electron chi connectivity index (χ1n) is 10.4. The third kappa shape index (κ3) is 4.31. The van der Waals surface area contributed by atoms with E-state index < -0.39 is 0 Å². The van der Waals surface area contributed by atoms with Crippen LogP contribution < -0.4 is 14.9 Å². The van der Waals surface area contributed by atoms with Gasteiger partial charge in [-0.3, -0.25) is 4.79 Å². The monoisotopic (exact) mass is 426 g/mol. The van der Waals surface area contributed by atoms with E-state index in [4.69, 9.17) is 21.1 Å². The summed E-state index contributed by atoms with van der Waals surface area (Å²) in [4.78, 5) is 12.5. The summed E-state index contributed by atoms with van der Waals surface area (Å²) in [5.41, 5.74) is 4.75. The van der Waals surface area contributed by atoms with Crippen molar-refractivity contribution in [2.75, 3.05) is 7.11 Å². The van der Waals surface area contributed by atoms with Crippen molar-refractivity contribution in [1.82, 2.24) is 5.43 Å². The van der Waals surface area contributed by atoms with Gasteiger partial charge in [0.05, 0.1) is 13.3 Å². The van der Waals surface area contributed by atoms with Gasteiger partial charge in [-0.15, -0.1) is 0 Å². The van der Waals surface area contributed by atoms with Gasteiger partial charge in [0.25, 0.3) is 0 Å². The third-order valence-corrected chi connectivity index (χ3v) is 6.75. The third-order valence-electron chi connectivity index (χ3n) is 6.50. The van der Waals surface area contributed by atoms with Crippen molar-refractivity contribution in [3.8, 4) is 11.5 Å². The molecular formula is C24H27ClN2O3. The largest absolute Gasteiger partial charge is 0.493 e. The van der Waals surface area contributed by atoms with Gasteiger partial charge in [0.15, 0.2) is 11.5 Å². The number of benzene rings is 2. The van der Waals surface area contributed by atoms with Crippen LogP contribution in [0.15, 0.2) is 47.6 Å². The lowest BCUT2D eigenvalue weighted by atomic mass is 9.90. The number of nitrogens with zero attached hydrogens (tertiary/aromatic N) is 1. The molecular weight excluding hydrogens is 400 g/mol. The normalized spacial score (nSPS) is 24.9. The predicted octanol–water partition coefficient (Wildman–Crippen LogP) is 5.20. The molecule has 1 N–H and O–H groups in total. The van der Waals surface area contributed by atoms with Crippen LogP contribution in [0.1, 0.15) is 43.7 Å². The van der Waals surface area contributed by atoms with Crippen LogP contribution in [-0.2, 0) is 11.4 Å². The number of fused-ring (bicyclic) bond motifs is 1. The number of carbonyl (C=O) groups is 1. The maximum atomic E-state index is 12.5. The fourth-order valence-corrected chi connectivity index (χ4v) is 4.84. The number of hydrogen-bond acceptors (Lipinski definition) is 4. The van der Waals surface area contributed by atoms with Gasteiger partial charge in [-0.05, 0) is 65.6 Å². The second-order valence-electron chi connectivity index (χ2n) is 8.40. The first kappa shape index (κ1) is 20.7. The van der Waals surface area contributed by atoms with Crippen LogP contribution in [0.4, 0.5) is 0 Å². The minimum atomic E-state index is 0.0375. The minimum Gasteiger partial charge on any atom is -0.493 e. The molecule has 158 valence electrons. The predicted molar refractivity (Wildman–Crippen MR) is 118 cm³/mol. The lowest BCUT2D eigenvalue weighted by Gasteiger charge is -2.15. The van der Waals surface area contributed by atoms with Crippen LogP contribution >= 0.6 is 11.6 Å². The average Bonchev–Trinajstić information content (AvgIpc) is 3.39. The summed E-state index contributed by atoms with van der Waals surface area (Å²) >= 11 is 5.91. The quantitative estimate of drug-likeness (QED) is 0.488. The lowest BCUT2D eigenvalue weighted by Crippen LogP contribution is -2.22. The van der Waals surface area contributed by atoms with Gasteiger partial charge in [0, 0.05) is 10.9 Å². The number of methoxy groups -OCH3 is 1. The summed E-state index contributed by atoms with van der Waals surface area (Å²) < 4.78 is 11.3. The Balaban J connectivity index is 1.34. The van der Waals surface area contributed by atoms with E-state index in [1.54, 1.807) is 13.3 Å². The number of rotatable bonds is 7. The fraction of sp³-hybridized carbons (Fsp3) is 0.417. The molecule has 0 unspecified atom stereocenters. The molecule has 0 aromatic heterocycles. The number of ether oxygens (including phenoxy) is 2. The molecule has 30 heavy (non-hydrogen) atoms. The number of hydrogen-bond donors (Lipinski definition) is 1. The average molecular weight is 427 g/mol. The van der Waals surface area contributed by atoms with E-state index in [9.17, 15) is 4.79 Å². The first-order valence-corrected chi connectivity index (χ1v) is 10.8. The highest BCUT2D eigenvalue weighted by molar-refractivity contribution is 6.30. The van der Waals surface area contributed by atoms with Gasteiger partial charge in [-0.25, -0.2) is 5.43 Å². The van der Waals surface area contributed by atoms with E-state index in [0.29, 0.717) is 29.0 Å². The molecule has 0 bridgehead atoms. The van der Waals surface area contributed by atoms with Gasteiger partial charge >= 0.3 is 0 Å². The van der Waals surface area contributed by atoms with Crippen molar-refractivity contribution in [2.24, 2.45) is 22.4 Å². The van der Waals surface area contributed by atoms with Crippen LogP contribution in [0.3, 0.4) is 0 Å². The molecule has 2 aliphatic carbocycles. The zero-order valence-corrected chi connectivity index (χ0v) is 18.1. The summed E-state index contributed by atoms with van der Waals surface area (Å²) in [6.07, 6.45) is 6.41. The van der Waals surface area contributed by atoms with Crippen LogP contribution in [0.5, 0.6) is 11.5 Å². The van der Waals surface area contributed by atoms with Crippen molar-refractivity contribution < 1.29 is 14.3 Å². The Labute approximate surface area is 182 Å². The molecule has 2 fully saturated rings. The van der Waals surface area contributed by atoms with E-state index >= 15 is 0 Å². The maximum absolute atomic E-state index is 12.5. The second-order valence-corrected chi connectivity index (χ2v) is 8.83. The lowest BCUT2D eigenvalue weighted by molar-refractivity contribution is -0.123. The summed E-state index contributed by atoms with van der Waals surface area (Å²) in [6.45, 7) is 2.65.